The van der Waals surface area contributed by atoms with E-state index in [0.717, 1.165) is 92.0 Å². The van der Waals surface area contributed by atoms with Crippen LogP contribution < -0.4 is 10.2 Å². The summed E-state index contributed by atoms with van der Waals surface area (Å²) in [5.74, 6) is 0.507. The van der Waals surface area contributed by atoms with Crippen molar-refractivity contribution in [3.8, 4) is 11.1 Å². The molecule has 15 heteroatoms. The number of alkyl halides is 2. The van der Waals surface area contributed by atoms with Crippen molar-refractivity contribution in [1.82, 2.24) is 39.6 Å². The van der Waals surface area contributed by atoms with Gasteiger partial charge in [-0.3, -0.25) is 38.8 Å². The van der Waals surface area contributed by atoms with Crippen molar-refractivity contribution in [2.45, 2.75) is 109 Å². The lowest BCUT2D eigenvalue weighted by atomic mass is 9.85. The van der Waals surface area contributed by atoms with E-state index in [1.54, 1.807) is 42.0 Å². The average Bonchev–Trinajstić information content (AvgIpc) is 4.00. The highest BCUT2D eigenvalue weighted by Crippen LogP contribution is 2.45. The third-order valence-corrected chi connectivity index (χ3v) is 13.7. The van der Waals surface area contributed by atoms with Crippen molar-refractivity contribution in [3.63, 3.8) is 0 Å². The first kappa shape index (κ1) is 37.8. The molecule has 7 heterocycles. The number of benzene rings is 2. The van der Waals surface area contributed by atoms with Gasteiger partial charge in [0, 0.05) is 106 Å². The number of nitrogens with zero attached hydrogens (tertiary/aromatic N) is 8. The van der Waals surface area contributed by atoms with Crippen LogP contribution >= 0.6 is 0 Å². The number of carbonyl (C=O) groups excluding carboxylic acids is 4. The molecular weight excluding hydrogens is 757 g/mol. The van der Waals surface area contributed by atoms with Crippen molar-refractivity contribution in [2.75, 3.05) is 24.5 Å². The summed E-state index contributed by atoms with van der Waals surface area (Å²) in [7, 11) is 1.78. The molecule has 4 amide bonds. The number of carbonyl (C=O) groups is 4. The van der Waals surface area contributed by atoms with E-state index in [2.05, 4.69) is 31.0 Å². The zero-order valence-corrected chi connectivity index (χ0v) is 33.6. The molecule has 6 aliphatic rings. The third kappa shape index (κ3) is 6.70. The molecule has 1 saturated carbocycles. The van der Waals surface area contributed by atoms with Crippen LogP contribution in [0, 0.1) is 5.92 Å². The molecule has 5 aliphatic heterocycles. The number of piperidine rings is 1. The molecule has 2 aromatic carbocycles. The van der Waals surface area contributed by atoms with E-state index in [9.17, 15) is 28.0 Å². The van der Waals surface area contributed by atoms with Crippen molar-refractivity contribution < 1.29 is 28.0 Å². The number of nitrogens with one attached hydrogen (secondary N) is 1. The quantitative estimate of drug-likeness (QED) is 0.235. The van der Waals surface area contributed by atoms with Gasteiger partial charge in [-0.2, -0.15) is 10.2 Å². The summed E-state index contributed by atoms with van der Waals surface area (Å²) in [6.45, 7) is 6.31. The first-order valence-electron chi connectivity index (χ1n) is 21.1. The van der Waals surface area contributed by atoms with Gasteiger partial charge in [0.1, 0.15) is 6.04 Å². The van der Waals surface area contributed by atoms with Gasteiger partial charge >= 0.3 is 0 Å². The molecular formula is C44H49F2N9O4. The van der Waals surface area contributed by atoms with Crippen LogP contribution in [0.3, 0.4) is 0 Å². The minimum absolute atomic E-state index is 0.0178. The Morgan fingerprint density at radius 2 is 1.66 bits per heavy atom. The number of rotatable bonds is 7. The first-order chi connectivity index (χ1) is 28.5. The molecule has 0 bridgehead atoms. The predicted molar refractivity (Wildman–Crippen MR) is 214 cm³/mol. The van der Waals surface area contributed by atoms with Gasteiger partial charge in [0.2, 0.25) is 17.7 Å². The molecule has 1 unspecified atom stereocenters. The summed E-state index contributed by atoms with van der Waals surface area (Å²) < 4.78 is 33.3. The molecule has 10 rings (SSSR count). The van der Waals surface area contributed by atoms with E-state index in [0.29, 0.717) is 61.6 Å². The first-order valence-corrected chi connectivity index (χ1v) is 21.1. The van der Waals surface area contributed by atoms with Crippen LogP contribution in [0.1, 0.15) is 114 Å². The van der Waals surface area contributed by atoms with Crippen LogP contribution in [0.2, 0.25) is 0 Å². The molecule has 1 saturated heterocycles. The van der Waals surface area contributed by atoms with Gasteiger partial charge in [0.15, 0.2) is 5.82 Å². The number of anilines is 2. The Morgan fingerprint density at radius 3 is 2.39 bits per heavy atom. The Hall–Kier alpha value is -5.44. The second-order valence-corrected chi connectivity index (χ2v) is 17.4. The maximum atomic E-state index is 14.7. The fourth-order valence-electron chi connectivity index (χ4n) is 10.7. The fraction of sp³-hybridized carbons (Fsp3) is 0.500. The highest BCUT2D eigenvalue weighted by atomic mass is 19.3. The van der Waals surface area contributed by atoms with Gasteiger partial charge in [0.05, 0.1) is 18.8 Å². The van der Waals surface area contributed by atoms with Crippen LogP contribution in [0.5, 0.6) is 0 Å². The highest BCUT2D eigenvalue weighted by molar-refractivity contribution is 6.05. The van der Waals surface area contributed by atoms with Crippen molar-refractivity contribution >= 4 is 35.1 Å². The fourth-order valence-corrected chi connectivity index (χ4v) is 10.7. The Kier molecular flexibility index (Phi) is 9.41. The van der Waals surface area contributed by atoms with E-state index >= 15 is 0 Å². The third-order valence-electron chi connectivity index (χ3n) is 13.7. The minimum Gasteiger partial charge on any atom is -0.338 e. The number of fused-ring (bicyclic) bond motifs is 4. The maximum absolute atomic E-state index is 14.7. The minimum atomic E-state index is -2.66. The molecule has 0 radical (unpaired) electrons. The normalized spacial score (nSPS) is 23.1. The van der Waals surface area contributed by atoms with Gasteiger partial charge < -0.3 is 14.7 Å². The Morgan fingerprint density at radius 1 is 0.881 bits per heavy atom. The molecule has 1 aliphatic carbocycles. The number of halogens is 2. The zero-order chi connectivity index (χ0) is 40.7. The lowest BCUT2D eigenvalue weighted by Crippen LogP contribution is -2.52. The summed E-state index contributed by atoms with van der Waals surface area (Å²) in [6.07, 6.45) is 7.76. The Labute approximate surface area is 341 Å². The van der Waals surface area contributed by atoms with Crippen LogP contribution in [0.25, 0.3) is 11.1 Å². The smallest absolute Gasteiger partial charge is 0.264 e. The average molecular weight is 806 g/mol. The molecule has 0 spiro atoms. The highest BCUT2D eigenvalue weighted by Gasteiger charge is 2.41. The van der Waals surface area contributed by atoms with Crippen LogP contribution in [-0.2, 0) is 60.5 Å². The monoisotopic (exact) mass is 805 g/mol. The Bertz CT molecular complexity index is 2400. The summed E-state index contributed by atoms with van der Waals surface area (Å²) >= 11 is 0. The van der Waals surface area contributed by atoms with Gasteiger partial charge in [-0.05, 0) is 96.9 Å². The molecule has 2 aromatic heterocycles. The topological polar surface area (TPSA) is 129 Å². The summed E-state index contributed by atoms with van der Waals surface area (Å²) in [5, 5.41) is 12.0. The zero-order valence-electron chi connectivity index (χ0n) is 33.6. The van der Waals surface area contributed by atoms with E-state index < -0.39 is 18.4 Å². The second-order valence-electron chi connectivity index (χ2n) is 17.4. The Balaban J connectivity index is 0.846. The largest absolute Gasteiger partial charge is 0.338 e. The standard InChI is InChI=1S/C44H49F2N9O4/c1-25(56)52-13-11-37-36(24-52)42(53-12-3-4-27-15-33(31-18-47-50(2)20-31)35(41(45)46)17-39(27)53)49-55(37)32-7-5-26(6-8-32)19-51-21-28-14-30-23-54(38-9-10-40(57)48-43(38)58)44(59)34(30)16-29(28)22-51/h14-18,20,26,32,38,41H,3-13,19,21-24H2,1-2H3,(H,48,57,58). The predicted octanol–water partition coefficient (Wildman–Crippen LogP) is 5.72. The lowest BCUT2D eigenvalue weighted by Gasteiger charge is -2.33. The molecule has 308 valence electrons. The number of amides is 4. The van der Waals surface area contributed by atoms with Crippen molar-refractivity contribution in [2.24, 2.45) is 13.0 Å². The van der Waals surface area contributed by atoms with Gasteiger partial charge in [-0.15, -0.1) is 0 Å². The van der Waals surface area contributed by atoms with Gasteiger partial charge in [0.25, 0.3) is 12.3 Å². The summed E-state index contributed by atoms with van der Waals surface area (Å²) in [4.78, 5) is 58.4. The number of aryl methyl sites for hydroxylation is 2. The molecule has 59 heavy (non-hydrogen) atoms. The molecule has 13 nitrogen and oxygen atoms in total. The van der Waals surface area contributed by atoms with E-state index in [1.165, 1.54) is 11.1 Å². The second kappa shape index (κ2) is 14.7. The van der Waals surface area contributed by atoms with Crippen LogP contribution in [-0.4, -0.2) is 83.6 Å². The molecule has 1 atom stereocenters. The number of aromatic nitrogens is 4. The van der Waals surface area contributed by atoms with Crippen molar-refractivity contribution in [1.29, 1.82) is 0 Å². The SMILES string of the molecule is CC(=O)N1CCc2c(c(N3CCCc4cc(-c5cnn(C)c5)c(C(F)F)cc43)nn2C2CCC(CN3Cc4cc5c(cc4C3)C(=O)N(C3CCC(=O)NC3=O)C5)CC2)C1. The van der Waals surface area contributed by atoms with E-state index in [-0.39, 0.29) is 35.7 Å². The van der Waals surface area contributed by atoms with Gasteiger partial charge in [-0.25, -0.2) is 8.78 Å². The van der Waals surface area contributed by atoms with E-state index in [4.69, 9.17) is 5.10 Å². The lowest BCUT2D eigenvalue weighted by molar-refractivity contribution is -0.137. The number of hydrogen-bond donors (Lipinski definition) is 1. The van der Waals surface area contributed by atoms with Crippen LogP contribution in [0.15, 0.2) is 36.7 Å². The van der Waals surface area contributed by atoms with Crippen molar-refractivity contribution in [3.05, 3.63) is 81.3 Å². The number of imide groups is 1. The summed E-state index contributed by atoms with van der Waals surface area (Å²) in [6, 6.07) is 7.33. The molecule has 2 fully saturated rings. The number of hydrogen-bond acceptors (Lipinski definition) is 8. The van der Waals surface area contributed by atoms with Gasteiger partial charge in [-0.1, -0.05) is 6.07 Å². The molecule has 1 N–H and O–H groups in total. The van der Waals surface area contributed by atoms with E-state index in [1.807, 2.05) is 17.0 Å². The summed E-state index contributed by atoms with van der Waals surface area (Å²) in [5.41, 5.74) is 9.14. The maximum Gasteiger partial charge on any atom is 0.264 e. The molecule has 4 aromatic rings. The van der Waals surface area contributed by atoms with Crippen LogP contribution in [0.4, 0.5) is 20.3 Å².